The summed E-state index contributed by atoms with van der Waals surface area (Å²) in [6.07, 6.45) is 19.1. The number of rotatable bonds is 6. The normalized spacial score (nSPS) is 39.7. The van der Waals surface area contributed by atoms with Gasteiger partial charge in [-0.2, -0.15) is 0 Å². The van der Waals surface area contributed by atoms with Crippen LogP contribution in [-0.4, -0.2) is 11.7 Å². The number of hydrogen-bond donors (Lipinski definition) is 1. The Balaban J connectivity index is 1.49. The molecule has 0 amide bonds. The topological polar surface area (TPSA) is 20.2 Å². The Kier molecular flexibility index (Phi) is 5.87. The zero-order valence-electron chi connectivity index (χ0n) is 19.0. The molecule has 0 aromatic rings. The van der Waals surface area contributed by atoms with Crippen LogP contribution in [0.4, 0.5) is 0 Å². The minimum absolute atomic E-state index is 0.350. The standard InChI is InChI=1S/C27H44O/c1-19(18-28)8-7-9-20(2)23-13-14-24-22-12-11-21-10-5-6-16-26(21,3)25(22)15-17-27(23,24)4/h11,19-20,23-24,28H,5-10,12-18H2,1-4H3/t19?,20?,23-,24+,26+,27-/m1/s1. The highest BCUT2D eigenvalue weighted by Crippen LogP contribution is 2.64. The van der Waals surface area contributed by atoms with Crippen molar-refractivity contribution in [2.45, 2.75) is 105 Å². The molecule has 1 nitrogen and oxygen atoms in total. The monoisotopic (exact) mass is 384 g/mol. The molecule has 0 aliphatic heterocycles. The molecule has 28 heavy (non-hydrogen) atoms. The molecule has 0 saturated heterocycles. The SMILES string of the molecule is CC(CO)CCCC(C)[C@H]1CC[C@H]2C3=C(CC[C@]12C)[C@@]1(C)CCCCC1=CC3. The Morgan fingerprint density at radius 3 is 2.68 bits per heavy atom. The van der Waals surface area contributed by atoms with Gasteiger partial charge in [-0.25, -0.2) is 0 Å². The maximum atomic E-state index is 9.31. The number of allylic oxidation sites excluding steroid dienone is 4. The molecule has 0 radical (unpaired) electrons. The van der Waals surface area contributed by atoms with Gasteiger partial charge in [0.2, 0.25) is 0 Å². The molecule has 0 heterocycles. The van der Waals surface area contributed by atoms with Gasteiger partial charge < -0.3 is 5.11 Å². The van der Waals surface area contributed by atoms with Crippen LogP contribution in [0.15, 0.2) is 22.8 Å². The fourth-order valence-corrected chi connectivity index (χ4v) is 8.01. The average Bonchev–Trinajstić information content (AvgIpc) is 3.04. The van der Waals surface area contributed by atoms with Gasteiger partial charge in [0.05, 0.1) is 0 Å². The van der Waals surface area contributed by atoms with Crippen LogP contribution >= 0.6 is 0 Å². The highest BCUT2D eigenvalue weighted by Gasteiger charge is 2.54. The summed E-state index contributed by atoms with van der Waals surface area (Å²) in [5.74, 6) is 3.07. The van der Waals surface area contributed by atoms with Crippen molar-refractivity contribution in [1.82, 2.24) is 0 Å². The van der Waals surface area contributed by atoms with Crippen molar-refractivity contribution in [2.24, 2.45) is 34.5 Å². The van der Waals surface area contributed by atoms with Crippen LogP contribution in [0, 0.1) is 34.5 Å². The van der Waals surface area contributed by atoms with Crippen LogP contribution in [0.5, 0.6) is 0 Å². The lowest BCUT2D eigenvalue weighted by molar-refractivity contribution is 0.0947. The van der Waals surface area contributed by atoms with E-state index >= 15 is 0 Å². The Labute approximate surface area is 174 Å². The zero-order chi connectivity index (χ0) is 19.9. The van der Waals surface area contributed by atoms with Gasteiger partial charge in [0.25, 0.3) is 0 Å². The molecule has 0 aromatic heterocycles. The van der Waals surface area contributed by atoms with Gasteiger partial charge in [0, 0.05) is 12.0 Å². The van der Waals surface area contributed by atoms with Crippen LogP contribution < -0.4 is 0 Å². The van der Waals surface area contributed by atoms with E-state index in [1.54, 1.807) is 5.57 Å². The number of hydrogen-bond acceptors (Lipinski definition) is 1. The summed E-state index contributed by atoms with van der Waals surface area (Å²) >= 11 is 0. The number of aliphatic hydroxyl groups is 1. The summed E-state index contributed by atoms with van der Waals surface area (Å²) in [7, 11) is 0. The summed E-state index contributed by atoms with van der Waals surface area (Å²) in [6, 6.07) is 0. The van der Waals surface area contributed by atoms with E-state index in [4.69, 9.17) is 0 Å². The fourth-order valence-electron chi connectivity index (χ4n) is 8.01. The summed E-state index contributed by atoms with van der Waals surface area (Å²) in [6.45, 7) is 10.3. The average molecular weight is 385 g/mol. The lowest BCUT2D eigenvalue weighted by atomic mass is 9.53. The van der Waals surface area contributed by atoms with E-state index < -0.39 is 0 Å². The van der Waals surface area contributed by atoms with Gasteiger partial charge >= 0.3 is 0 Å². The molecule has 4 aliphatic carbocycles. The van der Waals surface area contributed by atoms with E-state index in [1.165, 1.54) is 77.0 Å². The van der Waals surface area contributed by atoms with Gasteiger partial charge in [0.15, 0.2) is 0 Å². The molecule has 6 atom stereocenters. The van der Waals surface area contributed by atoms with Gasteiger partial charge in [-0.15, -0.1) is 0 Å². The Bertz CT molecular complexity index is 643. The predicted octanol–water partition coefficient (Wildman–Crippen LogP) is 7.45. The van der Waals surface area contributed by atoms with Crippen molar-refractivity contribution in [1.29, 1.82) is 0 Å². The molecule has 0 bridgehead atoms. The van der Waals surface area contributed by atoms with E-state index in [9.17, 15) is 5.11 Å². The van der Waals surface area contributed by atoms with Crippen LogP contribution in [0.25, 0.3) is 0 Å². The number of fused-ring (bicyclic) bond motifs is 4. The minimum atomic E-state index is 0.350. The maximum absolute atomic E-state index is 9.31. The van der Waals surface area contributed by atoms with Gasteiger partial charge in [-0.3, -0.25) is 0 Å². The summed E-state index contributed by atoms with van der Waals surface area (Å²) in [4.78, 5) is 0. The molecule has 0 spiro atoms. The summed E-state index contributed by atoms with van der Waals surface area (Å²) in [5.41, 5.74) is 6.55. The molecular weight excluding hydrogens is 340 g/mol. The quantitative estimate of drug-likeness (QED) is 0.471. The van der Waals surface area contributed by atoms with E-state index in [2.05, 4.69) is 33.8 Å². The van der Waals surface area contributed by atoms with E-state index in [1.807, 2.05) is 11.1 Å². The minimum Gasteiger partial charge on any atom is -0.396 e. The van der Waals surface area contributed by atoms with E-state index in [-0.39, 0.29) is 0 Å². The Morgan fingerprint density at radius 2 is 1.89 bits per heavy atom. The first-order chi connectivity index (χ1) is 13.4. The van der Waals surface area contributed by atoms with Crippen molar-refractivity contribution in [3.63, 3.8) is 0 Å². The van der Waals surface area contributed by atoms with Crippen LogP contribution in [0.3, 0.4) is 0 Å². The second-order valence-corrected chi connectivity index (χ2v) is 11.4. The summed E-state index contributed by atoms with van der Waals surface area (Å²) < 4.78 is 0. The molecule has 2 unspecified atom stereocenters. The second kappa shape index (κ2) is 7.93. The maximum Gasteiger partial charge on any atom is 0.0456 e. The van der Waals surface area contributed by atoms with Crippen molar-refractivity contribution in [3.8, 4) is 0 Å². The zero-order valence-corrected chi connectivity index (χ0v) is 19.0. The van der Waals surface area contributed by atoms with Crippen LogP contribution in [0.2, 0.25) is 0 Å². The third-order valence-electron chi connectivity index (χ3n) is 9.80. The highest BCUT2D eigenvalue weighted by atomic mass is 16.3. The number of aliphatic hydroxyl groups excluding tert-OH is 1. The van der Waals surface area contributed by atoms with Crippen molar-refractivity contribution in [2.75, 3.05) is 6.61 Å². The third-order valence-corrected chi connectivity index (χ3v) is 9.80. The van der Waals surface area contributed by atoms with Gasteiger partial charge in [0.1, 0.15) is 0 Å². The first-order valence-electron chi connectivity index (χ1n) is 12.4. The van der Waals surface area contributed by atoms with Crippen molar-refractivity contribution >= 4 is 0 Å². The molecule has 2 fully saturated rings. The molecule has 4 rings (SSSR count). The van der Waals surface area contributed by atoms with E-state index in [0.717, 1.165) is 17.8 Å². The predicted molar refractivity (Wildman–Crippen MR) is 119 cm³/mol. The third kappa shape index (κ3) is 3.34. The fraction of sp³-hybridized carbons (Fsp3) is 0.852. The first kappa shape index (κ1) is 20.7. The molecular formula is C27H44O. The second-order valence-electron chi connectivity index (χ2n) is 11.4. The van der Waals surface area contributed by atoms with E-state index in [0.29, 0.717) is 23.4 Å². The van der Waals surface area contributed by atoms with Gasteiger partial charge in [-0.1, -0.05) is 69.8 Å². The molecule has 1 heteroatoms. The molecule has 0 aromatic carbocycles. The van der Waals surface area contributed by atoms with Crippen molar-refractivity contribution < 1.29 is 5.11 Å². The highest BCUT2D eigenvalue weighted by molar-refractivity contribution is 5.43. The van der Waals surface area contributed by atoms with Gasteiger partial charge in [-0.05, 0) is 86.9 Å². The molecule has 1 N–H and O–H groups in total. The van der Waals surface area contributed by atoms with Crippen molar-refractivity contribution in [3.05, 3.63) is 22.8 Å². The molecule has 158 valence electrons. The lowest BCUT2D eigenvalue weighted by Gasteiger charge is -2.51. The lowest BCUT2D eigenvalue weighted by Crippen LogP contribution is -2.40. The molecule has 4 aliphatic rings. The Hall–Kier alpha value is -0.560. The molecule has 2 saturated carbocycles. The summed E-state index contributed by atoms with van der Waals surface area (Å²) in [5, 5.41) is 9.31. The van der Waals surface area contributed by atoms with Crippen LogP contribution in [-0.2, 0) is 0 Å². The first-order valence-corrected chi connectivity index (χ1v) is 12.4. The van der Waals surface area contributed by atoms with Crippen LogP contribution in [0.1, 0.15) is 105 Å². The largest absolute Gasteiger partial charge is 0.396 e. The Morgan fingerprint density at radius 1 is 1.07 bits per heavy atom. The smallest absolute Gasteiger partial charge is 0.0456 e.